The summed E-state index contributed by atoms with van der Waals surface area (Å²) in [6.07, 6.45) is 0. The molecule has 0 spiro atoms. The van der Waals surface area contributed by atoms with Crippen LogP contribution in [-0.4, -0.2) is 24.5 Å². The van der Waals surface area contributed by atoms with Crippen molar-refractivity contribution in [2.75, 3.05) is 24.8 Å². The van der Waals surface area contributed by atoms with Crippen molar-refractivity contribution in [1.82, 2.24) is 0 Å². The first-order valence-corrected chi connectivity index (χ1v) is 6.60. The lowest BCUT2D eigenvalue weighted by Crippen LogP contribution is -2.20. The highest BCUT2D eigenvalue weighted by molar-refractivity contribution is 5.94. The van der Waals surface area contributed by atoms with Crippen molar-refractivity contribution in [1.29, 1.82) is 0 Å². The van der Waals surface area contributed by atoms with E-state index in [0.717, 1.165) is 0 Å². The van der Waals surface area contributed by atoms with Crippen LogP contribution in [0, 0.1) is 10.1 Å². The van der Waals surface area contributed by atoms with Gasteiger partial charge in [0.15, 0.2) is 6.61 Å². The lowest BCUT2D eigenvalue weighted by Gasteiger charge is -2.09. The molecule has 0 aliphatic carbocycles. The normalized spacial score (nSPS) is 9.96. The van der Waals surface area contributed by atoms with Gasteiger partial charge in [0.1, 0.15) is 17.2 Å². The van der Waals surface area contributed by atoms with Gasteiger partial charge in [-0.05, 0) is 36.4 Å². The zero-order valence-electron chi connectivity index (χ0n) is 12.3. The number of nitrogens with one attached hydrogen (secondary N) is 1. The Labute approximate surface area is 132 Å². The van der Waals surface area contributed by atoms with E-state index in [1.165, 1.54) is 25.3 Å². The number of ether oxygens (including phenoxy) is 2. The van der Waals surface area contributed by atoms with E-state index in [1.807, 2.05) is 0 Å². The van der Waals surface area contributed by atoms with Gasteiger partial charge in [0.25, 0.3) is 11.6 Å². The van der Waals surface area contributed by atoms with Crippen LogP contribution in [0.2, 0.25) is 0 Å². The molecule has 0 atom stereocenters. The fraction of sp³-hybridized carbons (Fsp3) is 0.133. The van der Waals surface area contributed by atoms with Crippen LogP contribution in [0.3, 0.4) is 0 Å². The fourth-order valence-electron chi connectivity index (χ4n) is 1.79. The molecule has 8 heteroatoms. The van der Waals surface area contributed by atoms with Crippen LogP contribution in [0.5, 0.6) is 11.5 Å². The SMILES string of the molecule is COc1ccc(NC(=O)COc2ccc(N)cc2)c([N+](=O)[O-])c1. The first-order valence-electron chi connectivity index (χ1n) is 6.60. The molecule has 0 fully saturated rings. The maximum Gasteiger partial charge on any atom is 0.296 e. The molecule has 2 rings (SSSR count). The van der Waals surface area contributed by atoms with E-state index in [9.17, 15) is 14.9 Å². The summed E-state index contributed by atoms with van der Waals surface area (Å²) < 4.78 is 10.2. The Balaban J connectivity index is 2.02. The second-order valence-corrected chi connectivity index (χ2v) is 4.55. The Hall–Kier alpha value is -3.29. The van der Waals surface area contributed by atoms with E-state index >= 15 is 0 Å². The molecule has 2 aromatic carbocycles. The van der Waals surface area contributed by atoms with Gasteiger partial charge in [-0.3, -0.25) is 14.9 Å². The lowest BCUT2D eigenvalue weighted by molar-refractivity contribution is -0.384. The average molecular weight is 317 g/mol. The lowest BCUT2D eigenvalue weighted by atomic mass is 10.2. The molecule has 0 aliphatic heterocycles. The van der Waals surface area contributed by atoms with E-state index in [2.05, 4.69) is 5.32 Å². The molecule has 0 aliphatic rings. The summed E-state index contributed by atoms with van der Waals surface area (Å²) in [4.78, 5) is 22.3. The van der Waals surface area contributed by atoms with Gasteiger partial charge in [-0.1, -0.05) is 0 Å². The third-order valence-corrected chi connectivity index (χ3v) is 2.93. The molecule has 0 heterocycles. The summed E-state index contributed by atoms with van der Waals surface area (Å²) in [7, 11) is 1.40. The Morgan fingerprint density at radius 2 is 1.87 bits per heavy atom. The molecule has 0 unspecified atom stereocenters. The van der Waals surface area contributed by atoms with Crippen LogP contribution in [-0.2, 0) is 4.79 Å². The number of nitro groups is 1. The third-order valence-electron chi connectivity index (χ3n) is 2.93. The number of hydrogen-bond acceptors (Lipinski definition) is 6. The monoisotopic (exact) mass is 317 g/mol. The van der Waals surface area contributed by atoms with Crippen LogP contribution in [0.4, 0.5) is 17.1 Å². The van der Waals surface area contributed by atoms with Crippen molar-refractivity contribution in [2.24, 2.45) is 0 Å². The first-order chi connectivity index (χ1) is 11.0. The number of carbonyl (C=O) groups excluding carboxylic acids is 1. The topological polar surface area (TPSA) is 117 Å². The first kappa shape index (κ1) is 16.1. The fourth-order valence-corrected chi connectivity index (χ4v) is 1.79. The van der Waals surface area contributed by atoms with Gasteiger partial charge in [-0.2, -0.15) is 0 Å². The molecular formula is C15H15N3O5. The van der Waals surface area contributed by atoms with Gasteiger partial charge < -0.3 is 20.5 Å². The van der Waals surface area contributed by atoms with Crippen LogP contribution in [0.1, 0.15) is 0 Å². The molecule has 0 saturated carbocycles. The highest BCUT2D eigenvalue weighted by Gasteiger charge is 2.17. The van der Waals surface area contributed by atoms with Gasteiger partial charge in [0.05, 0.1) is 18.1 Å². The summed E-state index contributed by atoms with van der Waals surface area (Å²) in [5.74, 6) is 0.279. The standard InChI is InChI=1S/C15H15N3O5/c1-22-12-6-7-13(14(8-12)18(20)21)17-15(19)9-23-11-4-2-10(16)3-5-11/h2-8H,9,16H2,1H3,(H,17,19). The summed E-state index contributed by atoms with van der Waals surface area (Å²) >= 11 is 0. The molecule has 3 N–H and O–H groups in total. The zero-order chi connectivity index (χ0) is 16.8. The third kappa shape index (κ3) is 4.34. The predicted octanol–water partition coefficient (Wildman–Crippen LogP) is 2.20. The zero-order valence-corrected chi connectivity index (χ0v) is 12.3. The van der Waals surface area contributed by atoms with Crippen molar-refractivity contribution in [3.05, 3.63) is 52.6 Å². The van der Waals surface area contributed by atoms with Crippen LogP contribution < -0.4 is 20.5 Å². The Kier molecular flexibility index (Phi) is 4.98. The Morgan fingerprint density at radius 1 is 1.22 bits per heavy atom. The Bertz CT molecular complexity index is 716. The van der Waals surface area contributed by atoms with Crippen molar-refractivity contribution in [2.45, 2.75) is 0 Å². The largest absolute Gasteiger partial charge is 0.496 e. The highest BCUT2D eigenvalue weighted by Crippen LogP contribution is 2.28. The molecule has 1 amide bonds. The molecule has 0 bridgehead atoms. The van der Waals surface area contributed by atoms with Crippen molar-refractivity contribution in [3.63, 3.8) is 0 Å². The molecular weight excluding hydrogens is 302 g/mol. The highest BCUT2D eigenvalue weighted by atomic mass is 16.6. The summed E-state index contributed by atoms with van der Waals surface area (Å²) in [6, 6.07) is 10.7. The van der Waals surface area contributed by atoms with Gasteiger partial charge in [0, 0.05) is 5.69 Å². The molecule has 23 heavy (non-hydrogen) atoms. The second kappa shape index (κ2) is 7.12. The summed E-state index contributed by atoms with van der Waals surface area (Å²) in [6.45, 7) is -0.285. The number of amides is 1. The van der Waals surface area contributed by atoms with Crippen LogP contribution in [0.25, 0.3) is 0 Å². The minimum Gasteiger partial charge on any atom is -0.496 e. The Morgan fingerprint density at radius 3 is 2.48 bits per heavy atom. The number of nitro benzene ring substituents is 1. The number of hydrogen-bond donors (Lipinski definition) is 2. The number of nitrogens with zero attached hydrogens (tertiary/aromatic N) is 1. The maximum atomic E-state index is 11.9. The van der Waals surface area contributed by atoms with Crippen molar-refractivity contribution >= 4 is 23.0 Å². The van der Waals surface area contributed by atoms with Crippen molar-refractivity contribution in [3.8, 4) is 11.5 Å². The van der Waals surface area contributed by atoms with Gasteiger partial charge in [-0.25, -0.2) is 0 Å². The number of anilines is 2. The molecule has 8 nitrogen and oxygen atoms in total. The smallest absolute Gasteiger partial charge is 0.296 e. The van der Waals surface area contributed by atoms with E-state index in [-0.39, 0.29) is 18.0 Å². The van der Waals surface area contributed by atoms with E-state index < -0.39 is 10.8 Å². The minimum atomic E-state index is -0.598. The molecule has 2 aromatic rings. The molecule has 0 radical (unpaired) electrons. The van der Waals surface area contributed by atoms with Crippen LogP contribution in [0.15, 0.2) is 42.5 Å². The number of benzene rings is 2. The maximum absolute atomic E-state index is 11.9. The van der Waals surface area contributed by atoms with E-state index in [0.29, 0.717) is 17.2 Å². The van der Waals surface area contributed by atoms with Crippen LogP contribution >= 0.6 is 0 Å². The van der Waals surface area contributed by atoms with Crippen molar-refractivity contribution < 1.29 is 19.2 Å². The minimum absolute atomic E-state index is 0.0710. The second-order valence-electron chi connectivity index (χ2n) is 4.55. The van der Waals surface area contributed by atoms with Gasteiger partial charge >= 0.3 is 0 Å². The number of nitrogens with two attached hydrogens (primary N) is 1. The average Bonchev–Trinajstić information content (AvgIpc) is 2.54. The molecule has 0 saturated heterocycles. The van der Waals surface area contributed by atoms with E-state index in [4.69, 9.17) is 15.2 Å². The summed E-state index contributed by atoms with van der Waals surface area (Å²) in [5.41, 5.74) is 5.94. The predicted molar refractivity (Wildman–Crippen MR) is 84.6 cm³/mol. The number of rotatable bonds is 6. The van der Waals surface area contributed by atoms with Gasteiger partial charge in [0.2, 0.25) is 0 Å². The molecule has 0 aromatic heterocycles. The number of carbonyl (C=O) groups is 1. The van der Waals surface area contributed by atoms with Gasteiger partial charge in [-0.15, -0.1) is 0 Å². The molecule has 120 valence electrons. The number of methoxy groups -OCH3 is 1. The summed E-state index contributed by atoms with van der Waals surface area (Å²) in [5, 5.41) is 13.5. The quantitative estimate of drug-likeness (QED) is 0.479. The van der Waals surface area contributed by atoms with E-state index in [1.54, 1.807) is 24.3 Å². The number of nitrogen functional groups attached to an aromatic ring is 1.